The van der Waals surface area contributed by atoms with Crippen molar-refractivity contribution < 1.29 is 4.39 Å². The van der Waals surface area contributed by atoms with E-state index in [9.17, 15) is 14.0 Å². The van der Waals surface area contributed by atoms with Gasteiger partial charge in [0.2, 0.25) is 0 Å². The van der Waals surface area contributed by atoms with Gasteiger partial charge in [-0.3, -0.25) is 23.7 Å². The van der Waals surface area contributed by atoms with Gasteiger partial charge < -0.3 is 10.2 Å². The number of halogens is 1. The van der Waals surface area contributed by atoms with E-state index in [-0.39, 0.29) is 23.0 Å². The quantitative estimate of drug-likeness (QED) is 0.629. The molecule has 0 radical (unpaired) electrons. The van der Waals surface area contributed by atoms with Crippen molar-refractivity contribution in [3.63, 3.8) is 0 Å². The van der Waals surface area contributed by atoms with Gasteiger partial charge in [0, 0.05) is 37.9 Å². The molecule has 0 aromatic carbocycles. The zero-order valence-electron chi connectivity index (χ0n) is 17.7. The van der Waals surface area contributed by atoms with E-state index >= 15 is 0 Å². The summed E-state index contributed by atoms with van der Waals surface area (Å²) in [5.41, 5.74) is 1.81. The molecule has 0 amide bonds. The maximum Gasteiger partial charge on any atom is 0.270 e. The van der Waals surface area contributed by atoms with Gasteiger partial charge in [0.1, 0.15) is 17.0 Å². The highest BCUT2D eigenvalue weighted by molar-refractivity contribution is 5.71. The van der Waals surface area contributed by atoms with Crippen molar-refractivity contribution in [2.45, 2.75) is 31.5 Å². The molecule has 8 nitrogen and oxygen atoms in total. The molecular weight excluding hydrogens is 411 g/mol. The molecule has 0 aliphatic carbocycles. The average molecular weight is 436 g/mol. The van der Waals surface area contributed by atoms with Crippen LogP contribution in [0.1, 0.15) is 24.4 Å². The monoisotopic (exact) mass is 436 g/mol. The lowest BCUT2D eigenvalue weighted by Gasteiger charge is -2.34. The summed E-state index contributed by atoms with van der Waals surface area (Å²) in [5.74, 6) is -0.336. The molecule has 1 N–H and O–H groups in total. The van der Waals surface area contributed by atoms with Gasteiger partial charge in [-0.05, 0) is 43.6 Å². The van der Waals surface area contributed by atoms with E-state index < -0.39 is 0 Å². The summed E-state index contributed by atoms with van der Waals surface area (Å²) < 4.78 is 16.6. The van der Waals surface area contributed by atoms with E-state index in [1.54, 1.807) is 21.4 Å². The van der Waals surface area contributed by atoms with Gasteiger partial charge in [-0.1, -0.05) is 12.2 Å². The minimum atomic E-state index is -0.336. The minimum Gasteiger partial charge on any atom is -0.310 e. The first-order chi connectivity index (χ1) is 15.6. The smallest absolute Gasteiger partial charge is 0.270 e. The molecule has 0 bridgehead atoms. The minimum absolute atomic E-state index is 0.0598. The lowest BCUT2D eigenvalue weighted by Crippen LogP contribution is -2.44. The van der Waals surface area contributed by atoms with Gasteiger partial charge in [-0.2, -0.15) is 0 Å². The third-order valence-corrected chi connectivity index (χ3v) is 6.29. The predicted octanol–water partition coefficient (Wildman–Crippen LogP) is 1.41. The van der Waals surface area contributed by atoms with E-state index in [4.69, 9.17) is 0 Å². The van der Waals surface area contributed by atoms with Crippen LogP contribution in [0.15, 0.2) is 52.5 Å². The molecule has 3 aromatic heterocycles. The van der Waals surface area contributed by atoms with Crippen LogP contribution in [0.4, 0.5) is 4.39 Å². The number of piperidine rings is 1. The fourth-order valence-electron chi connectivity index (χ4n) is 4.73. The Labute approximate surface area is 184 Å². The van der Waals surface area contributed by atoms with E-state index in [1.807, 2.05) is 12.2 Å². The molecule has 32 heavy (non-hydrogen) atoms. The van der Waals surface area contributed by atoms with E-state index in [0.29, 0.717) is 30.3 Å². The van der Waals surface area contributed by atoms with Crippen LogP contribution in [-0.2, 0) is 6.54 Å². The highest BCUT2D eigenvalue weighted by atomic mass is 19.1. The number of rotatable bonds is 6. The molecule has 5 heterocycles. The summed E-state index contributed by atoms with van der Waals surface area (Å²) in [4.78, 5) is 35.2. The molecule has 0 spiro atoms. The van der Waals surface area contributed by atoms with Gasteiger partial charge in [0.15, 0.2) is 0 Å². The highest BCUT2D eigenvalue weighted by Gasteiger charge is 2.29. The largest absolute Gasteiger partial charge is 0.310 e. The van der Waals surface area contributed by atoms with Crippen molar-refractivity contribution in [1.29, 1.82) is 0 Å². The Morgan fingerprint density at radius 3 is 2.78 bits per heavy atom. The molecule has 5 rings (SSSR count). The summed E-state index contributed by atoms with van der Waals surface area (Å²) in [6.07, 6.45) is 10.0. The molecule has 3 aromatic rings. The summed E-state index contributed by atoms with van der Waals surface area (Å²) in [6, 6.07) is 5.01. The van der Waals surface area contributed by atoms with E-state index in [1.165, 1.54) is 24.5 Å². The van der Waals surface area contributed by atoms with Crippen LogP contribution in [0.2, 0.25) is 0 Å². The van der Waals surface area contributed by atoms with Gasteiger partial charge in [0.05, 0.1) is 18.4 Å². The topological polar surface area (TPSA) is 85.0 Å². The number of nitrogens with one attached hydrogen (secondary N) is 1. The molecule has 2 aliphatic heterocycles. The average Bonchev–Trinajstić information content (AvgIpc) is 3.18. The molecule has 166 valence electrons. The SMILES string of the molecule is O=c1ccc2ncc(=O)n3c2n1CC3CN1CCC(NCC=Cc2cncc(F)c2)CC1. The second-order valence-electron chi connectivity index (χ2n) is 8.43. The predicted molar refractivity (Wildman–Crippen MR) is 120 cm³/mol. The first-order valence-electron chi connectivity index (χ1n) is 10.9. The van der Waals surface area contributed by atoms with E-state index in [2.05, 4.69) is 20.2 Å². The van der Waals surface area contributed by atoms with Crippen molar-refractivity contribution >= 4 is 17.2 Å². The first-order valence-corrected chi connectivity index (χ1v) is 10.9. The Kier molecular flexibility index (Phi) is 5.67. The van der Waals surface area contributed by atoms with Crippen LogP contribution in [-0.4, -0.2) is 56.2 Å². The molecule has 9 heteroatoms. The number of likely N-dealkylation sites (tertiary alicyclic amines) is 1. The first kappa shape index (κ1) is 20.7. The van der Waals surface area contributed by atoms with Crippen molar-refractivity contribution in [2.24, 2.45) is 0 Å². The van der Waals surface area contributed by atoms with Crippen LogP contribution in [0.3, 0.4) is 0 Å². The van der Waals surface area contributed by atoms with Crippen molar-refractivity contribution in [3.05, 3.63) is 75.0 Å². The van der Waals surface area contributed by atoms with Crippen molar-refractivity contribution in [3.8, 4) is 0 Å². The maximum atomic E-state index is 13.2. The second kappa shape index (κ2) is 8.76. The molecule has 1 atom stereocenters. The Balaban J connectivity index is 1.15. The summed E-state index contributed by atoms with van der Waals surface area (Å²) in [7, 11) is 0. The normalized spacial score (nSPS) is 19.3. The number of nitrogens with zero attached hydrogens (tertiary/aromatic N) is 5. The zero-order valence-corrected chi connectivity index (χ0v) is 17.7. The summed E-state index contributed by atoms with van der Waals surface area (Å²) in [5, 5.41) is 3.53. The molecule has 1 fully saturated rings. The van der Waals surface area contributed by atoms with Crippen LogP contribution >= 0.6 is 0 Å². The Hall–Kier alpha value is -3.17. The fourth-order valence-corrected chi connectivity index (χ4v) is 4.73. The number of aromatic nitrogens is 4. The molecule has 0 saturated carbocycles. The van der Waals surface area contributed by atoms with Crippen LogP contribution in [0.5, 0.6) is 0 Å². The Bertz CT molecular complexity index is 1270. The van der Waals surface area contributed by atoms with E-state index in [0.717, 1.165) is 38.0 Å². The van der Waals surface area contributed by atoms with Gasteiger partial charge in [-0.15, -0.1) is 0 Å². The lowest BCUT2D eigenvalue weighted by molar-refractivity contribution is 0.173. The van der Waals surface area contributed by atoms with Gasteiger partial charge in [-0.25, -0.2) is 9.37 Å². The lowest BCUT2D eigenvalue weighted by atomic mass is 10.0. The summed E-state index contributed by atoms with van der Waals surface area (Å²) >= 11 is 0. The fraction of sp³-hybridized carbons (Fsp3) is 0.391. The van der Waals surface area contributed by atoms with Crippen LogP contribution in [0.25, 0.3) is 17.2 Å². The molecule has 1 saturated heterocycles. The maximum absolute atomic E-state index is 13.2. The number of pyridine rings is 2. The van der Waals surface area contributed by atoms with Crippen LogP contribution < -0.4 is 16.4 Å². The van der Waals surface area contributed by atoms with Gasteiger partial charge in [0.25, 0.3) is 11.1 Å². The molecular formula is C23H25FN6O2. The number of hydrogen-bond donors (Lipinski definition) is 1. The standard InChI is InChI=1S/C23H25FN6O2/c24-17-10-16(11-25-12-17)2-1-7-26-18-5-8-28(9-6-18)14-19-15-29-21(31)4-3-20-23(29)30(19)22(32)13-27-20/h1-4,10-13,18-19,26H,5-9,14-15H2. The van der Waals surface area contributed by atoms with Gasteiger partial charge >= 0.3 is 0 Å². The third-order valence-electron chi connectivity index (χ3n) is 6.29. The molecule has 1 unspecified atom stereocenters. The highest BCUT2D eigenvalue weighted by Crippen LogP contribution is 2.24. The zero-order chi connectivity index (χ0) is 22.1. The van der Waals surface area contributed by atoms with Crippen LogP contribution in [0, 0.1) is 5.82 Å². The Morgan fingerprint density at radius 1 is 1.12 bits per heavy atom. The van der Waals surface area contributed by atoms with Crippen molar-refractivity contribution in [1.82, 2.24) is 29.3 Å². The third kappa shape index (κ3) is 4.13. The second-order valence-corrected chi connectivity index (χ2v) is 8.43. The Morgan fingerprint density at radius 2 is 1.97 bits per heavy atom. The summed E-state index contributed by atoms with van der Waals surface area (Å²) in [6.45, 7) is 3.82. The molecule has 2 aliphatic rings. The number of hydrogen-bond acceptors (Lipinski definition) is 6. The van der Waals surface area contributed by atoms with Crippen molar-refractivity contribution in [2.75, 3.05) is 26.2 Å².